The molecule has 9 nitrogen and oxygen atoms in total. The second-order valence-corrected chi connectivity index (χ2v) is 10.8. The second-order valence-electron chi connectivity index (χ2n) is 10.4. The molecule has 2 aliphatic heterocycles. The smallest absolute Gasteiger partial charge is 0.221 e. The minimum atomic E-state index is -0.547. The third-order valence-electron chi connectivity index (χ3n) is 8.07. The number of piperazine rings is 1. The lowest BCUT2D eigenvalue weighted by molar-refractivity contribution is -0.141. The second kappa shape index (κ2) is 11.0. The van der Waals surface area contributed by atoms with Crippen molar-refractivity contribution in [2.75, 3.05) is 44.2 Å². The zero-order valence-corrected chi connectivity index (χ0v) is 22.1. The highest BCUT2D eigenvalue weighted by molar-refractivity contribution is 6.30. The summed E-state index contributed by atoms with van der Waals surface area (Å²) < 4.78 is 0. The van der Waals surface area contributed by atoms with E-state index >= 15 is 0 Å². The molecule has 0 radical (unpaired) electrons. The number of amides is 1. The van der Waals surface area contributed by atoms with E-state index in [9.17, 15) is 14.7 Å². The van der Waals surface area contributed by atoms with Crippen molar-refractivity contribution >= 4 is 29.6 Å². The van der Waals surface area contributed by atoms with Crippen LogP contribution in [-0.2, 0) is 9.59 Å². The molecule has 1 amide bonds. The highest BCUT2D eigenvalue weighted by Gasteiger charge is 2.41. The van der Waals surface area contributed by atoms with E-state index in [1.54, 1.807) is 19.1 Å². The zero-order chi connectivity index (χ0) is 26.1. The van der Waals surface area contributed by atoms with Crippen LogP contribution in [0.4, 0.5) is 5.82 Å². The van der Waals surface area contributed by atoms with Gasteiger partial charge < -0.3 is 25.0 Å². The lowest BCUT2D eigenvalue weighted by atomic mass is 9.93. The third-order valence-corrected chi connectivity index (χ3v) is 8.32. The number of nitrogens with one attached hydrogen (secondary N) is 1. The number of rotatable bonds is 7. The third kappa shape index (κ3) is 5.10. The number of hydrogen-bond donors (Lipinski definition) is 2. The molecule has 5 atom stereocenters. The zero-order valence-electron chi connectivity index (χ0n) is 21.4. The molecular formula is C27H35ClN6O3. The summed E-state index contributed by atoms with van der Waals surface area (Å²) in [4.78, 5) is 41.1. The number of halogens is 1. The first kappa shape index (κ1) is 26.0. The van der Waals surface area contributed by atoms with Crippen molar-refractivity contribution in [3.63, 3.8) is 0 Å². The lowest BCUT2D eigenvalue weighted by Crippen LogP contribution is -2.62. The summed E-state index contributed by atoms with van der Waals surface area (Å²) in [6.45, 7) is 8.01. The van der Waals surface area contributed by atoms with Crippen LogP contribution in [0.25, 0.3) is 0 Å². The molecule has 3 aliphatic rings. The van der Waals surface area contributed by atoms with Crippen LogP contribution < -0.4 is 10.2 Å². The van der Waals surface area contributed by atoms with Gasteiger partial charge in [-0.05, 0) is 43.0 Å². The minimum absolute atomic E-state index is 0.0293. The predicted molar refractivity (Wildman–Crippen MR) is 142 cm³/mol. The van der Waals surface area contributed by atoms with Crippen LogP contribution >= 0.6 is 11.6 Å². The highest BCUT2D eigenvalue weighted by atomic mass is 35.5. The average molecular weight is 527 g/mol. The van der Waals surface area contributed by atoms with Gasteiger partial charge in [-0.15, -0.1) is 0 Å². The molecule has 5 rings (SSSR count). The van der Waals surface area contributed by atoms with E-state index in [0.29, 0.717) is 37.6 Å². The van der Waals surface area contributed by atoms with Crippen molar-refractivity contribution in [3.05, 3.63) is 52.4 Å². The van der Waals surface area contributed by atoms with Crippen LogP contribution in [0.1, 0.15) is 61.4 Å². The SMILES string of the molecule is CC(=O)N(C1CCNC1)C(C(C=O)c1ccc(Cl)cc1)N1CCN(c2ncnc3c2[C@H](C)C[C@H]3O)CC1. The quantitative estimate of drug-likeness (QED) is 0.530. The van der Waals surface area contributed by atoms with E-state index in [1.165, 1.54) is 6.33 Å². The molecule has 1 aliphatic carbocycles. The van der Waals surface area contributed by atoms with Crippen molar-refractivity contribution in [2.45, 2.75) is 56.8 Å². The summed E-state index contributed by atoms with van der Waals surface area (Å²) in [6, 6.07) is 7.38. The van der Waals surface area contributed by atoms with E-state index < -0.39 is 18.2 Å². The Labute approximate surface area is 222 Å². The molecule has 1 aromatic carbocycles. The highest BCUT2D eigenvalue weighted by Crippen LogP contribution is 2.43. The maximum atomic E-state index is 13.1. The van der Waals surface area contributed by atoms with Crippen LogP contribution in [0.2, 0.25) is 5.02 Å². The predicted octanol–water partition coefficient (Wildman–Crippen LogP) is 2.31. The molecule has 10 heteroatoms. The Morgan fingerprint density at radius 3 is 2.57 bits per heavy atom. The molecule has 0 spiro atoms. The lowest BCUT2D eigenvalue weighted by Gasteiger charge is -2.48. The Hall–Kier alpha value is -2.59. The number of aliphatic hydroxyl groups is 1. The van der Waals surface area contributed by atoms with Crippen LogP contribution in [0.15, 0.2) is 30.6 Å². The Bertz CT molecular complexity index is 1120. The average Bonchev–Trinajstić information content (AvgIpc) is 3.53. The fraction of sp³-hybridized carbons (Fsp3) is 0.556. The first-order valence-electron chi connectivity index (χ1n) is 13.1. The van der Waals surface area contributed by atoms with Gasteiger partial charge in [0.1, 0.15) is 18.4 Å². The Morgan fingerprint density at radius 2 is 1.95 bits per heavy atom. The Balaban J connectivity index is 1.43. The van der Waals surface area contributed by atoms with E-state index in [1.807, 2.05) is 17.0 Å². The van der Waals surface area contributed by atoms with Crippen molar-refractivity contribution < 1.29 is 14.7 Å². The number of carbonyl (C=O) groups is 2. The van der Waals surface area contributed by atoms with Crippen molar-refractivity contribution in [1.82, 2.24) is 25.1 Å². The summed E-state index contributed by atoms with van der Waals surface area (Å²) in [7, 11) is 0. The normalized spacial score (nSPS) is 25.5. The van der Waals surface area contributed by atoms with Gasteiger partial charge in [-0.2, -0.15) is 0 Å². The number of benzene rings is 1. The van der Waals surface area contributed by atoms with E-state index in [0.717, 1.165) is 48.4 Å². The Morgan fingerprint density at radius 1 is 1.22 bits per heavy atom. The molecule has 3 heterocycles. The summed E-state index contributed by atoms with van der Waals surface area (Å²) in [5, 5.41) is 14.4. The first-order valence-corrected chi connectivity index (χ1v) is 13.5. The fourth-order valence-corrected chi connectivity index (χ4v) is 6.40. The number of nitrogens with zero attached hydrogens (tertiary/aromatic N) is 5. The van der Waals surface area contributed by atoms with E-state index in [-0.39, 0.29) is 17.9 Å². The van der Waals surface area contributed by atoms with Crippen molar-refractivity contribution in [2.24, 2.45) is 0 Å². The molecule has 1 aromatic heterocycles. The first-order chi connectivity index (χ1) is 17.9. The summed E-state index contributed by atoms with van der Waals surface area (Å²) in [6.07, 6.45) is 3.08. The minimum Gasteiger partial charge on any atom is -0.387 e. The number of carbonyl (C=O) groups excluding carboxylic acids is 2. The van der Waals surface area contributed by atoms with Crippen LogP contribution in [0, 0.1) is 0 Å². The van der Waals surface area contributed by atoms with Gasteiger partial charge >= 0.3 is 0 Å². The number of hydrogen-bond acceptors (Lipinski definition) is 8. The fourth-order valence-electron chi connectivity index (χ4n) is 6.27. The van der Waals surface area contributed by atoms with Gasteiger partial charge in [-0.3, -0.25) is 9.69 Å². The van der Waals surface area contributed by atoms with Crippen LogP contribution in [0.5, 0.6) is 0 Å². The number of aromatic nitrogens is 2. The maximum absolute atomic E-state index is 13.1. The molecule has 0 saturated carbocycles. The monoisotopic (exact) mass is 526 g/mol. The van der Waals surface area contributed by atoms with Gasteiger partial charge in [0.15, 0.2) is 0 Å². The van der Waals surface area contributed by atoms with Crippen molar-refractivity contribution in [3.8, 4) is 0 Å². The molecule has 3 unspecified atom stereocenters. The summed E-state index contributed by atoms with van der Waals surface area (Å²) in [5.41, 5.74) is 2.62. The van der Waals surface area contributed by atoms with E-state index in [4.69, 9.17) is 11.6 Å². The van der Waals surface area contributed by atoms with Gasteiger partial charge in [-0.25, -0.2) is 9.97 Å². The molecule has 198 valence electrons. The van der Waals surface area contributed by atoms with Crippen molar-refractivity contribution in [1.29, 1.82) is 0 Å². The molecule has 2 aromatic rings. The van der Waals surface area contributed by atoms with Crippen LogP contribution in [0.3, 0.4) is 0 Å². The van der Waals surface area contributed by atoms with Gasteiger partial charge in [0.25, 0.3) is 0 Å². The largest absolute Gasteiger partial charge is 0.387 e. The van der Waals surface area contributed by atoms with Gasteiger partial charge in [0.2, 0.25) is 5.91 Å². The van der Waals surface area contributed by atoms with Gasteiger partial charge in [-0.1, -0.05) is 30.7 Å². The number of anilines is 1. The topological polar surface area (TPSA) is 102 Å². The Kier molecular flexibility index (Phi) is 7.76. The molecule has 0 bridgehead atoms. The molecule has 37 heavy (non-hydrogen) atoms. The van der Waals surface area contributed by atoms with E-state index in [2.05, 4.69) is 32.0 Å². The number of fused-ring (bicyclic) bond motifs is 1. The molecule has 2 fully saturated rings. The summed E-state index contributed by atoms with van der Waals surface area (Å²) in [5.74, 6) is 0.544. The van der Waals surface area contributed by atoms with Crippen LogP contribution in [-0.4, -0.2) is 88.5 Å². The number of aldehydes is 1. The van der Waals surface area contributed by atoms with Gasteiger partial charge in [0, 0.05) is 56.3 Å². The summed E-state index contributed by atoms with van der Waals surface area (Å²) >= 11 is 6.14. The number of aliphatic hydroxyl groups excluding tert-OH is 1. The standard InChI is InChI=1S/C27H35ClN6O3/c1-17-13-23(37)25-24(17)26(31-16-30-25)32-9-11-33(12-10-32)27(34(18(2)36)21-7-8-29-14-21)22(15-35)19-3-5-20(28)6-4-19/h3-6,15-17,21-23,27,29,37H,7-14H2,1-2H3/t17-,21?,22?,23-,27?/m1/s1. The van der Waals surface area contributed by atoms with Gasteiger partial charge in [0.05, 0.1) is 23.9 Å². The molecule has 2 saturated heterocycles. The maximum Gasteiger partial charge on any atom is 0.221 e. The molecular weight excluding hydrogens is 492 g/mol. The molecule has 2 N–H and O–H groups in total.